The number of carbonyl (C=O) groups is 1. The third-order valence-electron chi connectivity index (χ3n) is 3.36. The number of nitrogens with zero attached hydrogens (tertiary/aromatic N) is 3. The van der Waals surface area contributed by atoms with Crippen molar-refractivity contribution in [2.45, 2.75) is 12.5 Å². The maximum Gasteiger partial charge on any atom is 0.257 e. The lowest BCUT2D eigenvalue weighted by Crippen LogP contribution is -2.31. The number of para-hydroxylation sites is 1. The monoisotopic (exact) mass is 256 g/mol. The first-order valence-corrected chi connectivity index (χ1v) is 6.39. The minimum Gasteiger partial charge on any atom is -0.337 e. The highest BCUT2D eigenvalue weighted by atomic mass is 16.2. The van der Waals surface area contributed by atoms with Crippen LogP contribution < -0.4 is 5.73 Å². The lowest BCUT2D eigenvalue weighted by Gasteiger charge is -2.14. The number of amides is 1. The van der Waals surface area contributed by atoms with E-state index in [1.807, 2.05) is 30.3 Å². The fourth-order valence-electron chi connectivity index (χ4n) is 2.31. The number of hydrogen-bond donors (Lipinski definition) is 1. The Morgan fingerprint density at radius 1 is 1.32 bits per heavy atom. The van der Waals surface area contributed by atoms with Gasteiger partial charge in [-0.1, -0.05) is 18.2 Å². The van der Waals surface area contributed by atoms with Crippen LogP contribution in [0.3, 0.4) is 0 Å². The summed E-state index contributed by atoms with van der Waals surface area (Å²) in [6.45, 7) is 1.37. The van der Waals surface area contributed by atoms with E-state index in [0.717, 1.165) is 18.7 Å². The summed E-state index contributed by atoms with van der Waals surface area (Å²) in [5.74, 6) is 0.00938. The first-order chi connectivity index (χ1) is 9.24. The van der Waals surface area contributed by atoms with Gasteiger partial charge in [0.15, 0.2) is 0 Å². The Morgan fingerprint density at radius 2 is 2.11 bits per heavy atom. The van der Waals surface area contributed by atoms with Crippen LogP contribution in [0.2, 0.25) is 0 Å². The molecule has 1 amide bonds. The van der Waals surface area contributed by atoms with Gasteiger partial charge in [0.05, 0.1) is 17.4 Å². The van der Waals surface area contributed by atoms with Crippen LogP contribution in [0.25, 0.3) is 5.69 Å². The molecule has 0 radical (unpaired) electrons. The van der Waals surface area contributed by atoms with E-state index in [1.54, 1.807) is 22.0 Å². The van der Waals surface area contributed by atoms with Gasteiger partial charge in [-0.05, 0) is 18.6 Å². The van der Waals surface area contributed by atoms with Crippen molar-refractivity contribution < 1.29 is 4.79 Å². The quantitative estimate of drug-likeness (QED) is 0.873. The molecule has 0 aliphatic carbocycles. The van der Waals surface area contributed by atoms with E-state index in [0.29, 0.717) is 12.1 Å². The second kappa shape index (κ2) is 4.85. The highest BCUT2D eigenvalue weighted by Gasteiger charge is 2.25. The molecule has 5 heteroatoms. The molecule has 1 aliphatic rings. The summed E-state index contributed by atoms with van der Waals surface area (Å²) in [7, 11) is 0. The van der Waals surface area contributed by atoms with Crippen molar-refractivity contribution >= 4 is 5.91 Å². The third kappa shape index (κ3) is 2.37. The Bertz CT molecular complexity index is 578. The smallest absolute Gasteiger partial charge is 0.257 e. The van der Waals surface area contributed by atoms with Gasteiger partial charge in [-0.15, -0.1) is 0 Å². The van der Waals surface area contributed by atoms with Crippen molar-refractivity contribution in [3.8, 4) is 5.69 Å². The summed E-state index contributed by atoms with van der Waals surface area (Å²) in [4.78, 5) is 14.0. The van der Waals surface area contributed by atoms with Gasteiger partial charge in [0.1, 0.15) is 0 Å². The number of carbonyl (C=O) groups excluding carboxylic acids is 1. The molecule has 1 aliphatic heterocycles. The number of aromatic nitrogens is 2. The van der Waals surface area contributed by atoms with E-state index in [9.17, 15) is 4.79 Å². The Kier molecular flexibility index (Phi) is 3.05. The van der Waals surface area contributed by atoms with Crippen LogP contribution in [0.5, 0.6) is 0 Å². The van der Waals surface area contributed by atoms with E-state index >= 15 is 0 Å². The van der Waals surface area contributed by atoms with Crippen molar-refractivity contribution in [2.75, 3.05) is 13.1 Å². The fraction of sp³-hybridized carbons (Fsp3) is 0.286. The molecule has 2 heterocycles. The van der Waals surface area contributed by atoms with E-state index in [2.05, 4.69) is 5.10 Å². The lowest BCUT2D eigenvalue weighted by atomic mass is 10.3. The summed E-state index contributed by atoms with van der Waals surface area (Å²) in [6, 6.07) is 9.84. The molecule has 1 unspecified atom stereocenters. The largest absolute Gasteiger partial charge is 0.337 e. The van der Waals surface area contributed by atoms with Gasteiger partial charge in [-0.3, -0.25) is 4.79 Å². The van der Waals surface area contributed by atoms with Gasteiger partial charge < -0.3 is 10.6 Å². The molecule has 3 rings (SSSR count). The molecule has 1 saturated heterocycles. The molecule has 1 aromatic heterocycles. The molecule has 1 atom stereocenters. The van der Waals surface area contributed by atoms with Gasteiger partial charge in [0.2, 0.25) is 0 Å². The van der Waals surface area contributed by atoms with Gasteiger partial charge >= 0.3 is 0 Å². The average Bonchev–Trinajstić information content (AvgIpc) is 3.08. The molecule has 2 N–H and O–H groups in total. The summed E-state index contributed by atoms with van der Waals surface area (Å²) in [5.41, 5.74) is 7.38. The van der Waals surface area contributed by atoms with Gasteiger partial charge in [-0.25, -0.2) is 4.68 Å². The zero-order chi connectivity index (χ0) is 13.2. The maximum atomic E-state index is 12.3. The van der Waals surface area contributed by atoms with Crippen molar-refractivity contribution in [3.05, 3.63) is 48.3 Å². The van der Waals surface area contributed by atoms with Crippen molar-refractivity contribution in [1.29, 1.82) is 0 Å². The average molecular weight is 256 g/mol. The summed E-state index contributed by atoms with van der Waals surface area (Å²) in [6.07, 6.45) is 4.25. The van der Waals surface area contributed by atoms with E-state index < -0.39 is 0 Å². The SMILES string of the molecule is NC1CCN(C(=O)c2cnn(-c3ccccc3)c2)C1. The topological polar surface area (TPSA) is 64.2 Å². The third-order valence-corrected chi connectivity index (χ3v) is 3.36. The van der Waals surface area contributed by atoms with E-state index in [-0.39, 0.29) is 11.9 Å². The van der Waals surface area contributed by atoms with Crippen LogP contribution in [0.4, 0.5) is 0 Å². The molecule has 0 spiro atoms. The number of rotatable bonds is 2. The van der Waals surface area contributed by atoms with Crippen LogP contribution in [0.1, 0.15) is 16.8 Å². The molecule has 2 aromatic rings. The molecule has 5 nitrogen and oxygen atoms in total. The molecule has 0 bridgehead atoms. The zero-order valence-electron chi connectivity index (χ0n) is 10.6. The summed E-state index contributed by atoms with van der Waals surface area (Å²) >= 11 is 0. The second-order valence-corrected chi connectivity index (χ2v) is 4.81. The molecule has 1 fully saturated rings. The Balaban J connectivity index is 1.80. The minimum absolute atomic E-state index is 0.00938. The maximum absolute atomic E-state index is 12.3. The number of likely N-dealkylation sites (tertiary alicyclic amines) is 1. The van der Waals surface area contributed by atoms with Crippen LogP contribution in [0, 0.1) is 0 Å². The highest BCUT2D eigenvalue weighted by Crippen LogP contribution is 2.13. The van der Waals surface area contributed by atoms with Crippen LogP contribution >= 0.6 is 0 Å². The predicted octanol–water partition coefficient (Wildman–Crippen LogP) is 1.05. The lowest BCUT2D eigenvalue weighted by molar-refractivity contribution is 0.0791. The zero-order valence-corrected chi connectivity index (χ0v) is 10.6. The van der Waals surface area contributed by atoms with Crippen LogP contribution in [0.15, 0.2) is 42.7 Å². The Hall–Kier alpha value is -2.14. The minimum atomic E-state index is 0.00938. The molecular formula is C14H16N4O. The van der Waals surface area contributed by atoms with Crippen molar-refractivity contribution in [1.82, 2.24) is 14.7 Å². The van der Waals surface area contributed by atoms with Crippen molar-refractivity contribution in [2.24, 2.45) is 5.73 Å². The normalized spacial score (nSPS) is 18.8. The Morgan fingerprint density at radius 3 is 2.79 bits per heavy atom. The summed E-state index contributed by atoms with van der Waals surface area (Å²) < 4.78 is 1.71. The fourth-order valence-corrected chi connectivity index (χ4v) is 2.31. The Labute approximate surface area is 111 Å². The van der Waals surface area contributed by atoms with Crippen LogP contribution in [-0.4, -0.2) is 39.7 Å². The molecular weight excluding hydrogens is 240 g/mol. The van der Waals surface area contributed by atoms with Gasteiger partial charge in [0, 0.05) is 25.3 Å². The second-order valence-electron chi connectivity index (χ2n) is 4.81. The number of hydrogen-bond acceptors (Lipinski definition) is 3. The number of nitrogens with two attached hydrogens (primary N) is 1. The molecule has 0 saturated carbocycles. The van der Waals surface area contributed by atoms with E-state index in [4.69, 9.17) is 5.73 Å². The van der Waals surface area contributed by atoms with Gasteiger partial charge in [-0.2, -0.15) is 5.10 Å². The first kappa shape index (κ1) is 11.9. The van der Waals surface area contributed by atoms with Crippen LogP contribution in [-0.2, 0) is 0 Å². The van der Waals surface area contributed by atoms with E-state index in [1.165, 1.54) is 0 Å². The van der Waals surface area contributed by atoms with Gasteiger partial charge in [0.25, 0.3) is 5.91 Å². The summed E-state index contributed by atoms with van der Waals surface area (Å²) in [5, 5.41) is 4.24. The van der Waals surface area contributed by atoms with Crippen molar-refractivity contribution in [3.63, 3.8) is 0 Å². The molecule has 1 aromatic carbocycles. The standard InChI is InChI=1S/C14H16N4O/c15-12-6-7-17(10-12)14(19)11-8-16-18(9-11)13-4-2-1-3-5-13/h1-5,8-9,12H,6-7,10,15H2. The first-order valence-electron chi connectivity index (χ1n) is 6.39. The predicted molar refractivity (Wildman–Crippen MR) is 72.1 cm³/mol. The molecule has 98 valence electrons. The number of benzene rings is 1. The highest BCUT2D eigenvalue weighted by molar-refractivity contribution is 5.94. The molecule has 19 heavy (non-hydrogen) atoms.